The molecule has 0 amide bonds. The minimum atomic E-state index is -3.87. The highest BCUT2D eigenvalue weighted by atomic mass is 35.5. The standard InChI is InChI=1S/C13H11ClN4O3S/c1-7-3-4-10-11(8(7)2)17-12(14)13(16-10)18-22(19,20)9-5-15-21-6-9/h3-6H,1-2H3,(H,16,18). The van der Waals surface area contributed by atoms with E-state index < -0.39 is 10.0 Å². The summed E-state index contributed by atoms with van der Waals surface area (Å²) < 4.78 is 31.1. The van der Waals surface area contributed by atoms with E-state index in [2.05, 4.69) is 24.4 Å². The lowest BCUT2D eigenvalue weighted by Gasteiger charge is -2.10. The van der Waals surface area contributed by atoms with Crippen molar-refractivity contribution in [3.8, 4) is 0 Å². The highest BCUT2D eigenvalue weighted by molar-refractivity contribution is 7.92. The van der Waals surface area contributed by atoms with Gasteiger partial charge in [0.2, 0.25) is 0 Å². The van der Waals surface area contributed by atoms with Crippen molar-refractivity contribution in [3.05, 3.63) is 40.9 Å². The van der Waals surface area contributed by atoms with E-state index in [-0.39, 0.29) is 15.9 Å². The Bertz CT molecular complexity index is 955. The van der Waals surface area contributed by atoms with E-state index in [4.69, 9.17) is 11.6 Å². The molecule has 0 aliphatic heterocycles. The van der Waals surface area contributed by atoms with Crippen LogP contribution < -0.4 is 4.72 Å². The first-order valence-electron chi connectivity index (χ1n) is 6.24. The Labute approximate surface area is 131 Å². The fraction of sp³-hybridized carbons (Fsp3) is 0.154. The van der Waals surface area contributed by atoms with Gasteiger partial charge in [-0.2, -0.15) is 0 Å². The largest absolute Gasteiger partial charge is 0.363 e. The lowest BCUT2D eigenvalue weighted by atomic mass is 10.1. The van der Waals surface area contributed by atoms with Crippen LogP contribution in [-0.2, 0) is 10.0 Å². The summed E-state index contributed by atoms with van der Waals surface area (Å²) in [6, 6.07) is 3.65. The number of rotatable bonds is 3. The molecule has 1 N–H and O–H groups in total. The maximum Gasteiger partial charge on any atom is 0.267 e. The van der Waals surface area contributed by atoms with Crippen molar-refractivity contribution in [1.82, 2.24) is 15.1 Å². The minimum absolute atomic E-state index is 0.0266. The van der Waals surface area contributed by atoms with Crippen LogP contribution in [0.5, 0.6) is 0 Å². The smallest absolute Gasteiger partial charge is 0.267 e. The van der Waals surface area contributed by atoms with Gasteiger partial charge in [0.05, 0.1) is 17.2 Å². The van der Waals surface area contributed by atoms with Crippen molar-refractivity contribution < 1.29 is 12.9 Å². The van der Waals surface area contributed by atoms with Crippen LogP contribution in [0.1, 0.15) is 11.1 Å². The van der Waals surface area contributed by atoms with Crippen LogP contribution >= 0.6 is 11.6 Å². The summed E-state index contributed by atoms with van der Waals surface area (Å²) >= 11 is 6.06. The molecule has 1 aromatic carbocycles. The van der Waals surface area contributed by atoms with Gasteiger partial charge in [-0.1, -0.05) is 22.8 Å². The van der Waals surface area contributed by atoms with Crippen LogP contribution in [0.15, 0.2) is 34.0 Å². The fourth-order valence-corrected chi connectivity index (χ4v) is 3.01. The Kier molecular flexibility index (Phi) is 3.50. The first kappa shape index (κ1) is 14.7. The second kappa shape index (κ2) is 5.22. The van der Waals surface area contributed by atoms with E-state index in [0.717, 1.165) is 23.6 Å². The first-order valence-corrected chi connectivity index (χ1v) is 8.10. The molecule has 2 heterocycles. The number of hydrogen-bond acceptors (Lipinski definition) is 6. The zero-order valence-corrected chi connectivity index (χ0v) is 13.2. The topological polar surface area (TPSA) is 98.0 Å². The van der Waals surface area contributed by atoms with Crippen LogP contribution in [0.3, 0.4) is 0 Å². The molecule has 0 aliphatic rings. The summed E-state index contributed by atoms with van der Waals surface area (Å²) in [7, 11) is -3.87. The maximum atomic E-state index is 12.1. The highest BCUT2D eigenvalue weighted by Crippen LogP contribution is 2.26. The molecule has 0 aliphatic carbocycles. The summed E-state index contributed by atoms with van der Waals surface area (Å²) in [4.78, 5) is 8.35. The van der Waals surface area contributed by atoms with Gasteiger partial charge in [-0.15, -0.1) is 0 Å². The molecule has 0 bridgehead atoms. The van der Waals surface area contributed by atoms with Crippen molar-refractivity contribution in [1.29, 1.82) is 0 Å². The van der Waals surface area contributed by atoms with E-state index in [1.165, 1.54) is 0 Å². The quantitative estimate of drug-likeness (QED) is 0.788. The number of hydrogen-bond donors (Lipinski definition) is 1. The zero-order valence-electron chi connectivity index (χ0n) is 11.7. The van der Waals surface area contributed by atoms with E-state index in [1.54, 1.807) is 6.07 Å². The molecule has 3 aromatic rings. The predicted octanol–water partition coefficient (Wildman–Crippen LogP) is 2.69. The van der Waals surface area contributed by atoms with Gasteiger partial charge in [-0.3, -0.25) is 4.72 Å². The maximum absolute atomic E-state index is 12.1. The number of anilines is 1. The average molecular weight is 339 g/mol. The summed E-state index contributed by atoms with van der Waals surface area (Å²) in [5.74, 6) is -0.0429. The molecule has 114 valence electrons. The van der Waals surface area contributed by atoms with Gasteiger partial charge < -0.3 is 4.52 Å². The van der Waals surface area contributed by atoms with Gasteiger partial charge >= 0.3 is 0 Å². The summed E-state index contributed by atoms with van der Waals surface area (Å²) in [6.45, 7) is 3.86. The molecular weight excluding hydrogens is 328 g/mol. The Hall–Kier alpha value is -2.19. The number of halogens is 1. The number of sulfonamides is 1. The van der Waals surface area contributed by atoms with E-state index >= 15 is 0 Å². The Morgan fingerprint density at radius 2 is 2.00 bits per heavy atom. The molecule has 0 spiro atoms. The molecule has 0 saturated carbocycles. The number of benzene rings is 1. The van der Waals surface area contributed by atoms with Gasteiger partial charge in [-0.25, -0.2) is 18.4 Å². The molecule has 0 unspecified atom stereocenters. The molecule has 2 aromatic heterocycles. The lowest BCUT2D eigenvalue weighted by Crippen LogP contribution is -2.14. The van der Waals surface area contributed by atoms with Gasteiger partial charge in [0.15, 0.2) is 11.0 Å². The van der Waals surface area contributed by atoms with Crippen molar-refractivity contribution in [2.75, 3.05) is 4.72 Å². The fourth-order valence-electron chi connectivity index (χ4n) is 1.91. The number of nitrogens with one attached hydrogen (secondary N) is 1. The van der Waals surface area contributed by atoms with E-state index in [0.29, 0.717) is 11.0 Å². The number of aromatic nitrogens is 3. The van der Waals surface area contributed by atoms with Crippen LogP contribution in [0.25, 0.3) is 11.0 Å². The van der Waals surface area contributed by atoms with Crippen molar-refractivity contribution in [2.24, 2.45) is 0 Å². The van der Waals surface area contributed by atoms with Crippen molar-refractivity contribution in [2.45, 2.75) is 18.7 Å². The second-order valence-electron chi connectivity index (χ2n) is 4.70. The molecule has 0 fully saturated rings. The van der Waals surface area contributed by atoms with Crippen LogP contribution in [0, 0.1) is 13.8 Å². The highest BCUT2D eigenvalue weighted by Gasteiger charge is 2.20. The summed E-state index contributed by atoms with van der Waals surface area (Å²) in [5.41, 5.74) is 3.18. The zero-order chi connectivity index (χ0) is 15.9. The molecule has 9 heteroatoms. The van der Waals surface area contributed by atoms with Gasteiger partial charge in [0.1, 0.15) is 11.2 Å². The average Bonchev–Trinajstić information content (AvgIpc) is 3.00. The first-order chi connectivity index (χ1) is 10.4. The van der Waals surface area contributed by atoms with Crippen LogP contribution in [0.2, 0.25) is 5.15 Å². The summed E-state index contributed by atoms with van der Waals surface area (Å²) in [5, 5.41) is 3.33. The van der Waals surface area contributed by atoms with Crippen LogP contribution in [0.4, 0.5) is 5.82 Å². The molecular formula is C13H11ClN4O3S. The predicted molar refractivity (Wildman–Crippen MR) is 81.3 cm³/mol. The second-order valence-corrected chi connectivity index (χ2v) is 6.74. The van der Waals surface area contributed by atoms with Gasteiger partial charge in [0, 0.05) is 0 Å². The Balaban J connectivity index is 2.09. The minimum Gasteiger partial charge on any atom is -0.363 e. The monoisotopic (exact) mass is 338 g/mol. The van der Waals surface area contributed by atoms with Gasteiger partial charge in [0.25, 0.3) is 10.0 Å². The molecule has 0 radical (unpaired) electrons. The third kappa shape index (κ3) is 2.51. The normalized spacial score (nSPS) is 11.8. The molecule has 0 atom stereocenters. The lowest BCUT2D eigenvalue weighted by molar-refractivity contribution is 0.417. The third-order valence-corrected chi connectivity index (χ3v) is 4.82. The van der Waals surface area contributed by atoms with Crippen molar-refractivity contribution in [3.63, 3.8) is 0 Å². The number of aryl methyl sites for hydroxylation is 2. The van der Waals surface area contributed by atoms with Crippen LogP contribution in [-0.4, -0.2) is 23.5 Å². The Morgan fingerprint density at radius 1 is 1.23 bits per heavy atom. The Morgan fingerprint density at radius 3 is 2.68 bits per heavy atom. The van der Waals surface area contributed by atoms with E-state index in [9.17, 15) is 8.42 Å². The number of nitrogens with zero attached hydrogens (tertiary/aromatic N) is 3. The third-order valence-electron chi connectivity index (χ3n) is 3.27. The molecule has 3 rings (SSSR count). The summed E-state index contributed by atoms with van der Waals surface area (Å²) in [6.07, 6.45) is 2.09. The van der Waals surface area contributed by atoms with Crippen molar-refractivity contribution >= 4 is 38.5 Å². The molecule has 7 nitrogen and oxygen atoms in total. The number of fused-ring (bicyclic) bond motifs is 1. The molecule has 22 heavy (non-hydrogen) atoms. The molecule has 0 saturated heterocycles. The van der Waals surface area contributed by atoms with E-state index in [1.807, 2.05) is 19.9 Å². The SMILES string of the molecule is Cc1ccc2nc(NS(=O)(=O)c3cnoc3)c(Cl)nc2c1C. The van der Waals surface area contributed by atoms with Gasteiger partial charge in [-0.05, 0) is 31.0 Å².